The van der Waals surface area contributed by atoms with E-state index in [-0.39, 0.29) is 5.91 Å². The van der Waals surface area contributed by atoms with E-state index in [9.17, 15) is 4.79 Å². The predicted octanol–water partition coefficient (Wildman–Crippen LogP) is 5.43. The zero-order valence-electron chi connectivity index (χ0n) is 18.0. The highest BCUT2D eigenvalue weighted by Crippen LogP contribution is 2.27. The number of carbonyl (C=O) groups excluding carboxylic acids is 1. The van der Waals surface area contributed by atoms with E-state index >= 15 is 0 Å². The number of nitrogens with zero attached hydrogens (tertiary/aromatic N) is 3. The van der Waals surface area contributed by atoms with Gasteiger partial charge in [-0.1, -0.05) is 56.3 Å². The number of hydrogen-bond acceptors (Lipinski definition) is 5. The van der Waals surface area contributed by atoms with Gasteiger partial charge in [0.2, 0.25) is 0 Å². The highest BCUT2D eigenvalue weighted by molar-refractivity contribution is 7.98. The molecule has 30 heavy (non-hydrogen) atoms. The summed E-state index contributed by atoms with van der Waals surface area (Å²) < 4.78 is 0. The number of benzene rings is 1. The molecule has 0 radical (unpaired) electrons. The molecule has 1 fully saturated rings. The maximum absolute atomic E-state index is 12.4. The Morgan fingerprint density at radius 3 is 2.77 bits per heavy atom. The SMILES string of the molecule is CC(C)CCNC(=O)c1cccc(CSc2nc(Cl)cc(N3CCC(C)CC3)n2)c1. The molecule has 2 aromatic rings. The third kappa shape index (κ3) is 6.88. The summed E-state index contributed by atoms with van der Waals surface area (Å²) >= 11 is 7.82. The van der Waals surface area contributed by atoms with E-state index in [2.05, 4.69) is 36.0 Å². The number of carbonyl (C=O) groups is 1. The van der Waals surface area contributed by atoms with Gasteiger partial charge in [0.1, 0.15) is 11.0 Å². The molecule has 0 bridgehead atoms. The first-order chi connectivity index (χ1) is 14.4. The largest absolute Gasteiger partial charge is 0.356 e. The zero-order valence-corrected chi connectivity index (χ0v) is 19.6. The molecule has 1 aromatic heterocycles. The summed E-state index contributed by atoms with van der Waals surface area (Å²) in [4.78, 5) is 23.8. The lowest BCUT2D eigenvalue weighted by atomic mass is 9.99. The summed E-state index contributed by atoms with van der Waals surface area (Å²) in [5.41, 5.74) is 1.75. The summed E-state index contributed by atoms with van der Waals surface area (Å²) in [5, 5.41) is 4.13. The number of piperidine rings is 1. The minimum atomic E-state index is -0.0249. The van der Waals surface area contributed by atoms with Crippen LogP contribution in [0.2, 0.25) is 5.15 Å². The number of halogens is 1. The van der Waals surface area contributed by atoms with Gasteiger partial charge in [-0.3, -0.25) is 4.79 Å². The Balaban J connectivity index is 1.61. The highest BCUT2D eigenvalue weighted by Gasteiger charge is 2.18. The van der Waals surface area contributed by atoms with E-state index < -0.39 is 0 Å². The fourth-order valence-electron chi connectivity index (χ4n) is 3.38. The quantitative estimate of drug-likeness (QED) is 0.332. The molecule has 0 spiro atoms. The van der Waals surface area contributed by atoms with Gasteiger partial charge in [0.15, 0.2) is 5.16 Å². The first-order valence-electron chi connectivity index (χ1n) is 10.7. The smallest absolute Gasteiger partial charge is 0.251 e. The Kier molecular flexibility index (Phi) is 8.40. The molecule has 1 N–H and O–H groups in total. The van der Waals surface area contributed by atoms with Crippen LogP contribution in [0.4, 0.5) is 5.82 Å². The topological polar surface area (TPSA) is 58.1 Å². The van der Waals surface area contributed by atoms with Crippen LogP contribution in [-0.2, 0) is 5.75 Å². The van der Waals surface area contributed by atoms with Crippen LogP contribution in [0.15, 0.2) is 35.5 Å². The monoisotopic (exact) mass is 446 g/mol. The lowest BCUT2D eigenvalue weighted by Crippen LogP contribution is -2.33. The summed E-state index contributed by atoms with van der Waals surface area (Å²) in [6, 6.07) is 9.59. The number of amides is 1. The molecule has 0 saturated carbocycles. The van der Waals surface area contributed by atoms with Gasteiger partial charge in [-0.2, -0.15) is 0 Å². The molecule has 7 heteroatoms. The lowest BCUT2D eigenvalue weighted by molar-refractivity contribution is 0.0952. The van der Waals surface area contributed by atoms with Gasteiger partial charge in [0, 0.05) is 37.0 Å². The van der Waals surface area contributed by atoms with Crippen molar-refractivity contribution in [3.63, 3.8) is 0 Å². The molecule has 1 aliphatic heterocycles. The fraction of sp³-hybridized carbons (Fsp3) is 0.522. The zero-order chi connectivity index (χ0) is 21.5. The van der Waals surface area contributed by atoms with Crippen LogP contribution < -0.4 is 10.2 Å². The molecule has 162 valence electrons. The number of nitrogens with one attached hydrogen (secondary N) is 1. The minimum Gasteiger partial charge on any atom is -0.356 e. The van der Waals surface area contributed by atoms with Gasteiger partial charge in [-0.15, -0.1) is 0 Å². The van der Waals surface area contributed by atoms with Crippen LogP contribution >= 0.6 is 23.4 Å². The molecule has 2 heterocycles. The molecule has 0 atom stereocenters. The van der Waals surface area contributed by atoms with Crippen molar-refractivity contribution in [3.05, 3.63) is 46.6 Å². The number of rotatable bonds is 8. The van der Waals surface area contributed by atoms with Gasteiger partial charge in [0.05, 0.1) is 0 Å². The van der Waals surface area contributed by atoms with Crippen molar-refractivity contribution in [2.75, 3.05) is 24.5 Å². The molecule has 0 aliphatic carbocycles. The van der Waals surface area contributed by atoms with Gasteiger partial charge >= 0.3 is 0 Å². The average Bonchev–Trinajstić information content (AvgIpc) is 2.72. The highest BCUT2D eigenvalue weighted by atomic mass is 35.5. The lowest BCUT2D eigenvalue weighted by Gasteiger charge is -2.31. The van der Waals surface area contributed by atoms with Crippen molar-refractivity contribution in [2.24, 2.45) is 11.8 Å². The van der Waals surface area contributed by atoms with Crippen molar-refractivity contribution >= 4 is 35.1 Å². The minimum absolute atomic E-state index is 0.0249. The third-order valence-corrected chi connectivity index (χ3v) is 6.44. The number of hydrogen-bond donors (Lipinski definition) is 1. The normalized spacial score (nSPS) is 14.9. The first kappa shape index (κ1) is 22.9. The molecular weight excluding hydrogens is 416 g/mol. The van der Waals surface area contributed by atoms with Crippen LogP contribution in [0.5, 0.6) is 0 Å². The molecule has 0 unspecified atom stereocenters. The molecule has 1 amide bonds. The summed E-state index contributed by atoms with van der Waals surface area (Å²) in [5.74, 6) is 2.90. The molecule has 3 rings (SSSR count). The van der Waals surface area contributed by atoms with Gasteiger partial charge in [-0.05, 0) is 48.8 Å². The number of aromatic nitrogens is 2. The van der Waals surface area contributed by atoms with E-state index in [4.69, 9.17) is 16.6 Å². The summed E-state index contributed by atoms with van der Waals surface area (Å²) in [7, 11) is 0. The molecule has 1 aliphatic rings. The number of thioether (sulfide) groups is 1. The van der Waals surface area contributed by atoms with E-state index in [1.165, 1.54) is 12.8 Å². The van der Waals surface area contributed by atoms with Crippen molar-refractivity contribution in [3.8, 4) is 0 Å². The second-order valence-electron chi connectivity index (χ2n) is 8.43. The van der Waals surface area contributed by atoms with Crippen molar-refractivity contribution in [1.82, 2.24) is 15.3 Å². The maximum Gasteiger partial charge on any atom is 0.251 e. The third-order valence-electron chi connectivity index (χ3n) is 5.33. The van der Waals surface area contributed by atoms with Gasteiger partial charge in [0.25, 0.3) is 5.91 Å². The van der Waals surface area contributed by atoms with Crippen LogP contribution in [0.25, 0.3) is 0 Å². The van der Waals surface area contributed by atoms with Crippen LogP contribution in [0, 0.1) is 11.8 Å². The second kappa shape index (κ2) is 11.0. The fourth-order valence-corrected chi connectivity index (χ4v) is 4.40. The maximum atomic E-state index is 12.4. The van der Waals surface area contributed by atoms with Gasteiger partial charge in [-0.25, -0.2) is 9.97 Å². The first-order valence-corrected chi connectivity index (χ1v) is 12.1. The summed E-state index contributed by atoms with van der Waals surface area (Å²) in [6.07, 6.45) is 3.33. The Bertz CT molecular complexity index is 853. The van der Waals surface area contributed by atoms with Crippen LogP contribution in [-0.4, -0.2) is 35.5 Å². The number of anilines is 1. The Hall–Kier alpha value is -1.79. The van der Waals surface area contributed by atoms with Crippen molar-refractivity contribution in [2.45, 2.75) is 50.9 Å². The van der Waals surface area contributed by atoms with Crippen molar-refractivity contribution in [1.29, 1.82) is 0 Å². The molecule has 1 aromatic carbocycles. The van der Waals surface area contributed by atoms with E-state index in [1.807, 2.05) is 30.3 Å². The Morgan fingerprint density at radius 1 is 1.27 bits per heavy atom. The molecular formula is C23H31ClN4OS. The van der Waals surface area contributed by atoms with Gasteiger partial charge < -0.3 is 10.2 Å². The van der Waals surface area contributed by atoms with Crippen LogP contribution in [0.3, 0.4) is 0 Å². The van der Waals surface area contributed by atoms with E-state index in [0.717, 1.165) is 36.8 Å². The Morgan fingerprint density at radius 2 is 2.03 bits per heavy atom. The molecule has 5 nitrogen and oxygen atoms in total. The predicted molar refractivity (Wildman–Crippen MR) is 125 cm³/mol. The van der Waals surface area contributed by atoms with E-state index in [0.29, 0.717) is 34.1 Å². The summed E-state index contributed by atoms with van der Waals surface area (Å²) in [6.45, 7) is 9.31. The average molecular weight is 447 g/mol. The standard InChI is InChI=1S/C23H31ClN4OS/c1-16(2)7-10-25-22(29)19-6-4-5-18(13-19)15-30-23-26-20(24)14-21(27-23)28-11-8-17(3)9-12-28/h4-6,13-14,16-17H,7-12,15H2,1-3H3,(H,25,29). The second-order valence-corrected chi connectivity index (χ2v) is 9.76. The Labute approximate surface area is 189 Å². The van der Waals surface area contributed by atoms with Crippen LogP contribution in [0.1, 0.15) is 56.0 Å². The molecule has 1 saturated heterocycles. The van der Waals surface area contributed by atoms with Crippen molar-refractivity contribution < 1.29 is 4.79 Å². The van der Waals surface area contributed by atoms with E-state index in [1.54, 1.807) is 11.8 Å².